The zero-order chi connectivity index (χ0) is 21.6. The van der Waals surface area contributed by atoms with Gasteiger partial charge in [0.05, 0.1) is 29.8 Å². The predicted octanol–water partition coefficient (Wildman–Crippen LogP) is 1.82. The van der Waals surface area contributed by atoms with Gasteiger partial charge in [0.25, 0.3) is 5.91 Å². The Balaban J connectivity index is 1.30. The first-order chi connectivity index (χ1) is 15.1. The fraction of sp³-hybridized carbons (Fsp3) is 0.143. The van der Waals surface area contributed by atoms with Crippen molar-refractivity contribution in [1.82, 2.24) is 35.3 Å². The van der Waals surface area contributed by atoms with Crippen LogP contribution in [0.25, 0.3) is 11.4 Å². The number of ether oxygens (including phenoxy) is 1. The van der Waals surface area contributed by atoms with Gasteiger partial charge >= 0.3 is 5.97 Å². The van der Waals surface area contributed by atoms with Crippen molar-refractivity contribution in [2.24, 2.45) is 0 Å². The van der Waals surface area contributed by atoms with Gasteiger partial charge in [-0.3, -0.25) is 4.79 Å². The lowest BCUT2D eigenvalue weighted by Crippen LogP contribution is -2.36. The van der Waals surface area contributed by atoms with Gasteiger partial charge in [0.2, 0.25) is 0 Å². The summed E-state index contributed by atoms with van der Waals surface area (Å²) < 4.78 is 5.24. The number of para-hydroxylation sites is 2. The largest absolute Gasteiger partial charge is 0.459 e. The van der Waals surface area contributed by atoms with Gasteiger partial charge in [0, 0.05) is 0 Å². The van der Waals surface area contributed by atoms with E-state index in [1.165, 1.54) is 22.0 Å². The Morgan fingerprint density at radius 3 is 1.97 bits per heavy atom. The van der Waals surface area contributed by atoms with Crippen molar-refractivity contribution in [1.29, 1.82) is 0 Å². The standard InChI is InChI=1S/C21H19N7O3/c1-15(24-20(29)18-12-22-27(25-18)16-8-4-2-5-9-16)14-31-21(30)19-13-23-28(26-19)17-10-6-3-7-11-17/h2-13,15H,14H2,1H3,(H,24,29)/t15-/m1/s1. The van der Waals surface area contributed by atoms with Crippen LogP contribution in [0.1, 0.15) is 27.9 Å². The highest BCUT2D eigenvalue weighted by molar-refractivity contribution is 5.92. The van der Waals surface area contributed by atoms with Gasteiger partial charge in [-0.15, -0.1) is 10.2 Å². The van der Waals surface area contributed by atoms with Crippen molar-refractivity contribution in [2.75, 3.05) is 6.61 Å². The first kappa shape index (κ1) is 20.0. The third-order valence-corrected chi connectivity index (χ3v) is 4.24. The minimum Gasteiger partial charge on any atom is -0.459 e. The second-order valence-corrected chi connectivity index (χ2v) is 6.68. The quantitative estimate of drug-likeness (QED) is 0.456. The van der Waals surface area contributed by atoms with Gasteiger partial charge in [-0.2, -0.15) is 19.8 Å². The summed E-state index contributed by atoms with van der Waals surface area (Å²) in [4.78, 5) is 27.3. The molecular formula is C21H19N7O3. The highest BCUT2D eigenvalue weighted by Crippen LogP contribution is 2.06. The number of hydrogen-bond donors (Lipinski definition) is 1. The van der Waals surface area contributed by atoms with Crippen molar-refractivity contribution in [3.63, 3.8) is 0 Å². The van der Waals surface area contributed by atoms with Crippen LogP contribution in [0.4, 0.5) is 0 Å². The minimum absolute atomic E-state index is 0.0322. The van der Waals surface area contributed by atoms with Crippen LogP contribution in [0.3, 0.4) is 0 Å². The molecule has 4 rings (SSSR count). The summed E-state index contributed by atoms with van der Waals surface area (Å²) in [6.07, 6.45) is 2.71. The summed E-state index contributed by atoms with van der Waals surface area (Å²) in [5.74, 6) is -1.04. The normalized spacial score (nSPS) is 11.6. The summed E-state index contributed by atoms with van der Waals surface area (Å²) in [6.45, 7) is 1.68. The van der Waals surface area contributed by atoms with E-state index >= 15 is 0 Å². The number of esters is 1. The minimum atomic E-state index is -0.627. The molecule has 0 aliphatic rings. The third kappa shape index (κ3) is 4.81. The van der Waals surface area contributed by atoms with Crippen molar-refractivity contribution in [2.45, 2.75) is 13.0 Å². The summed E-state index contributed by atoms with van der Waals surface area (Å²) in [6, 6.07) is 18.0. The van der Waals surface area contributed by atoms with Gasteiger partial charge in [-0.1, -0.05) is 36.4 Å². The maximum Gasteiger partial charge on any atom is 0.360 e. The molecule has 0 aliphatic carbocycles. The maximum atomic E-state index is 12.4. The Bertz CT molecular complexity index is 1170. The van der Waals surface area contributed by atoms with E-state index in [2.05, 4.69) is 25.7 Å². The Morgan fingerprint density at radius 2 is 1.39 bits per heavy atom. The zero-order valence-corrected chi connectivity index (χ0v) is 16.6. The number of carbonyl (C=O) groups excluding carboxylic acids is 2. The van der Waals surface area contributed by atoms with E-state index in [-0.39, 0.29) is 18.0 Å². The molecule has 2 aromatic carbocycles. The smallest absolute Gasteiger partial charge is 0.360 e. The van der Waals surface area contributed by atoms with E-state index in [0.29, 0.717) is 0 Å². The average molecular weight is 417 g/mol. The second-order valence-electron chi connectivity index (χ2n) is 6.68. The topological polar surface area (TPSA) is 117 Å². The second kappa shape index (κ2) is 8.99. The van der Waals surface area contributed by atoms with Gasteiger partial charge in [0.1, 0.15) is 6.61 Å². The van der Waals surface area contributed by atoms with Gasteiger partial charge in [0.15, 0.2) is 11.4 Å². The van der Waals surface area contributed by atoms with Gasteiger partial charge in [-0.25, -0.2) is 4.79 Å². The third-order valence-electron chi connectivity index (χ3n) is 4.24. The number of hydrogen-bond acceptors (Lipinski definition) is 7. The lowest BCUT2D eigenvalue weighted by atomic mass is 10.3. The molecule has 156 valence electrons. The van der Waals surface area contributed by atoms with Crippen LogP contribution in [-0.4, -0.2) is 54.5 Å². The molecule has 0 radical (unpaired) electrons. The van der Waals surface area contributed by atoms with E-state index in [1.807, 2.05) is 60.7 Å². The molecule has 2 heterocycles. The summed E-state index contributed by atoms with van der Waals surface area (Å²) in [5.41, 5.74) is 1.71. The maximum absolute atomic E-state index is 12.4. The van der Waals surface area contributed by atoms with Crippen LogP contribution in [0, 0.1) is 0 Å². The molecule has 10 heteroatoms. The molecule has 4 aromatic rings. The number of carbonyl (C=O) groups is 2. The lowest BCUT2D eigenvalue weighted by Gasteiger charge is -2.12. The number of aromatic nitrogens is 6. The highest BCUT2D eigenvalue weighted by atomic mass is 16.5. The Labute approximate surface area is 177 Å². The van der Waals surface area contributed by atoms with Crippen LogP contribution in [-0.2, 0) is 4.74 Å². The van der Waals surface area contributed by atoms with Crippen LogP contribution >= 0.6 is 0 Å². The first-order valence-electron chi connectivity index (χ1n) is 9.53. The molecule has 1 atom stereocenters. The molecule has 0 saturated carbocycles. The molecule has 10 nitrogen and oxygen atoms in total. The zero-order valence-electron chi connectivity index (χ0n) is 16.6. The highest BCUT2D eigenvalue weighted by Gasteiger charge is 2.18. The molecule has 2 aromatic heterocycles. The monoisotopic (exact) mass is 417 g/mol. The molecule has 0 fully saturated rings. The van der Waals surface area contributed by atoms with Crippen molar-refractivity contribution < 1.29 is 14.3 Å². The number of amides is 1. The van der Waals surface area contributed by atoms with Crippen LogP contribution in [0.2, 0.25) is 0 Å². The molecular weight excluding hydrogens is 398 g/mol. The first-order valence-corrected chi connectivity index (χ1v) is 9.53. The van der Waals surface area contributed by atoms with Gasteiger partial charge in [-0.05, 0) is 31.2 Å². The molecule has 31 heavy (non-hydrogen) atoms. The fourth-order valence-electron chi connectivity index (χ4n) is 2.71. The van der Waals surface area contributed by atoms with E-state index in [1.54, 1.807) is 6.92 Å². The summed E-state index contributed by atoms with van der Waals surface area (Å²) in [5, 5.41) is 19.2. The summed E-state index contributed by atoms with van der Waals surface area (Å²) in [7, 11) is 0. The Kier molecular flexibility index (Phi) is 5.79. The van der Waals surface area contributed by atoms with E-state index in [9.17, 15) is 9.59 Å². The molecule has 0 spiro atoms. The van der Waals surface area contributed by atoms with E-state index in [4.69, 9.17) is 4.74 Å². The summed E-state index contributed by atoms with van der Waals surface area (Å²) >= 11 is 0. The molecule has 1 N–H and O–H groups in total. The molecule has 1 amide bonds. The van der Waals surface area contributed by atoms with Crippen molar-refractivity contribution in [3.8, 4) is 11.4 Å². The number of nitrogens with zero attached hydrogens (tertiary/aromatic N) is 6. The van der Waals surface area contributed by atoms with Crippen molar-refractivity contribution in [3.05, 3.63) is 84.4 Å². The SMILES string of the molecule is C[C@H](COC(=O)c1cnn(-c2ccccc2)n1)NC(=O)c1cnn(-c2ccccc2)n1. The van der Waals surface area contributed by atoms with E-state index < -0.39 is 17.9 Å². The van der Waals surface area contributed by atoms with E-state index in [0.717, 1.165) is 11.4 Å². The van der Waals surface area contributed by atoms with Crippen LogP contribution in [0.15, 0.2) is 73.1 Å². The number of nitrogens with one attached hydrogen (secondary N) is 1. The average Bonchev–Trinajstić information content (AvgIpc) is 3.49. The Morgan fingerprint density at radius 1 is 0.871 bits per heavy atom. The van der Waals surface area contributed by atoms with Crippen LogP contribution < -0.4 is 5.32 Å². The molecule has 0 aliphatic heterocycles. The molecule has 0 bridgehead atoms. The molecule has 0 unspecified atom stereocenters. The lowest BCUT2D eigenvalue weighted by molar-refractivity contribution is 0.0457. The Hall–Kier alpha value is -4.34. The number of rotatable bonds is 7. The predicted molar refractivity (Wildman–Crippen MR) is 110 cm³/mol. The number of benzene rings is 2. The fourth-order valence-corrected chi connectivity index (χ4v) is 2.71. The molecule has 0 saturated heterocycles. The van der Waals surface area contributed by atoms with Crippen LogP contribution in [0.5, 0.6) is 0 Å². The van der Waals surface area contributed by atoms with Gasteiger partial charge < -0.3 is 10.1 Å². The van der Waals surface area contributed by atoms with Crippen molar-refractivity contribution >= 4 is 11.9 Å².